The Bertz CT molecular complexity index is 371. The quantitative estimate of drug-likeness (QED) is 0.701. The predicted octanol–water partition coefficient (Wildman–Crippen LogP) is 1.04. The molecule has 0 saturated carbocycles. The highest BCUT2D eigenvalue weighted by Crippen LogP contribution is 2.16. The molecule has 0 radical (unpaired) electrons. The zero-order chi connectivity index (χ0) is 11.4. The summed E-state index contributed by atoms with van der Waals surface area (Å²) >= 11 is 0. The van der Waals surface area contributed by atoms with E-state index >= 15 is 0 Å². The first-order valence-electron chi connectivity index (χ1n) is 4.01. The van der Waals surface area contributed by atoms with Gasteiger partial charge >= 0.3 is 5.97 Å². The summed E-state index contributed by atoms with van der Waals surface area (Å²) in [4.78, 5) is 14.1. The number of hydrogen-bond acceptors (Lipinski definition) is 4. The number of nitrogens with two attached hydrogens (primary N) is 1. The van der Waals surface area contributed by atoms with Crippen LogP contribution in [0.2, 0.25) is 0 Å². The maximum absolute atomic E-state index is 11.8. The van der Waals surface area contributed by atoms with Gasteiger partial charge in [-0.1, -0.05) is 0 Å². The molecule has 0 spiro atoms. The number of aromatic carboxylic acids is 1. The summed E-state index contributed by atoms with van der Waals surface area (Å²) < 4.78 is 23.7. The second kappa shape index (κ2) is 4.54. The third-order valence-electron chi connectivity index (χ3n) is 1.59. The number of anilines is 2. The monoisotopic (exact) mass is 217 g/mol. The third kappa shape index (κ3) is 3.04. The Hall–Kier alpha value is -1.92. The number of hydrogen-bond donors (Lipinski definition) is 3. The van der Waals surface area contributed by atoms with E-state index in [0.29, 0.717) is 0 Å². The van der Waals surface area contributed by atoms with Gasteiger partial charge < -0.3 is 16.2 Å². The first-order valence-corrected chi connectivity index (χ1v) is 4.01. The summed E-state index contributed by atoms with van der Waals surface area (Å²) in [5, 5.41) is 10.9. The van der Waals surface area contributed by atoms with E-state index in [1.165, 1.54) is 0 Å². The topological polar surface area (TPSA) is 88.2 Å². The fourth-order valence-electron chi connectivity index (χ4n) is 0.920. The number of alkyl halides is 2. The van der Waals surface area contributed by atoms with Gasteiger partial charge in [-0.2, -0.15) is 0 Å². The average molecular weight is 217 g/mol. The first-order chi connectivity index (χ1) is 7.00. The lowest BCUT2D eigenvalue weighted by molar-refractivity contribution is 0.0696. The molecule has 82 valence electrons. The van der Waals surface area contributed by atoms with E-state index < -0.39 is 18.9 Å². The van der Waals surface area contributed by atoms with E-state index in [-0.39, 0.29) is 17.1 Å². The average Bonchev–Trinajstić information content (AvgIpc) is 2.15. The summed E-state index contributed by atoms with van der Waals surface area (Å²) in [6, 6.07) is 1.16. The molecular weight excluding hydrogens is 208 g/mol. The van der Waals surface area contributed by atoms with Crippen LogP contribution in [0.5, 0.6) is 0 Å². The fourth-order valence-corrected chi connectivity index (χ4v) is 0.920. The highest BCUT2D eigenvalue weighted by atomic mass is 19.3. The third-order valence-corrected chi connectivity index (χ3v) is 1.59. The molecule has 1 aromatic heterocycles. The standard InChI is InChI=1S/C8H9F2N3O2/c9-6(10)3-13-7-5(11)1-4(2-12-7)8(14)15/h1-2,6H,3,11H2,(H,12,13)(H,14,15). The molecule has 0 fully saturated rings. The van der Waals surface area contributed by atoms with Crippen LogP contribution in [0.15, 0.2) is 12.3 Å². The van der Waals surface area contributed by atoms with Crippen molar-refractivity contribution in [3.05, 3.63) is 17.8 Å². The lowest BCUT2D eigenvalue weighted by Crippen LogP contribution is -2.13. The molecule has 0 atom stereocenters. The van der Waals surface area contributed by atoms with Crippen LogP contribution in [0.4, 0.5) is 20.3 Å². The number of nitrogens with zero attached hydrogens (tertiary/aromatic N) is 1. The van der Waals surface area contributed by atoms with E-state index in [2.05, 4.69) is 10.3 Å². The highest BCUT2D eigenvalue weighted by molar-refractivity contribution is 5.89. The van der Waals surface area contributed by atoms with Gasteiger partial charge in [0.15, 0.2) is 0 Å². The lowest BCUT2D eigenvalue weighted by Gasteiger charge is -2.07. The maximum atomic E-state index is 11.8. The number of rotatable bonds is 4. The van der Waals surface area contributed by atoms with Gasteiger partial charge in [0.2, 0.25) is 0 Å². The molecule has 4 N–H and O–H groups in total. The summed E-state index contributed by atoms with van der Waals surface area (Å²) in [5.74, 6) is -1.12. The Morgan fingerprint density at radius 2 is 2.33 bits per heavy atom. The Morgan fingerprint density at radius 3 is 2.80 bits per heavy atom. The summed E-state index contributed by atoms with van der Waals surface area (Å²) in [6.45, 7) is -0.580. The normalized spacial score (nSPS) is 10.3. The van der Waals surface area contributed by atoms with Crippen LogP contribution in [0.25, 0.3) is 0 Å². The number of nitrogen functional groups attached to an aromatic ring is 1. The van der Waals surface area contributed by atoms with Crippen molar-refractivity contribution < 1.29 is 18.7 Å². The van der Waals surface area contributed by atoms with Crippen molar-refractivity contribution in [2.45, 2.75) is 6.43 Å². The number of carboxylic acids is 1. The Morgan fingerprint density at radius 1 is 1.67 bits per heavy atom. The van der Waals surface area contributed by atoms with E-state index in [1.54, 1.807) is 0 Å². The molecule has 5 nitrogen and oxygen atoms in total. The predicted molar refractivity (Wildman–Crippen MR) is 50.1 cm³/mol. The molecule has 7 heteroatoms. The van der Waals surface area contributed by atoms with Crippen molar-refractivity contribution >= 4 is 17.5 Å². The van der Waals surface area contributed by atoms with Gasteiger partial charge in [0, 0.05) is 6.20 Å². The van der Waals surface area contributed by atoms with Gasteiger partial charge in [-0.3, -0.25) is 0 Å². The smallest absolute Gasteiger partial charge is 0.337 e. The SMILES string of the molecule is Nc1cc(C(=O)O)cnc1NCC(F)F. The number of carbonyl (C=O) groups is 1. The highest BCUT2D eigenvalue weighted by Gasteiger charge is 2.09. The van der Waals surface area contributed by atoms with E-state index in [0.717, 1.165) is 12.3 Å². The molecule has 1 rings (SSSR count). The molecule has 1 heterocycles. The first kappa shape index (κ1) is 11.2. The Balaban J connectivity index is 2.79. The van der Waals surface area contributed by atoms with E-state index in [9.17, 15) is 13.6 Å². The van der Waals surface area contributed by atoms with Gasteiger partial charge in [0.05, 0.1) is 17.8 Å². The molecule has 15 heavy (non-hydrogen) atoms. The van der Waals surface area contributed by atoms with Gasteiger partial charge in [0.1, 0.15) is 5.82 Å². The van der Waals surface area contributed by atoms with Crippen molar-refractivity contribution in [2.24, 2.45) is 0 Å². The van der Waals surface area contributed by atoms with E-state index in [1.807, 2.05) is 0 Å². The molecule has 0 bridgehead atoms. The molecular formula is C8H9F2N3O2. The van der Waals surface area contributed by atoms with Crippen molar-refractivity contribution in [1.29, 1.82) is 0 Å². The molecule has 0 amide bonds. The van der Waals surface area contributed by atoms with Crippen molar-refractivity contribution in [1.82, 2.24) is 4.98 Å². The molecule has 0 aromatic carbocycles. The largest absolute Gasteiger partial charge is 0.478 e. The van der Waals surface area contributed by atoms with Crippen LogP contribution < -0.4 is 11.1 Å². The molecule has 0 aliphatic rings. The number of aromatic nitrogens is 1. The van der Waals surface area contributed by atoms with Crippen LogP contribution >= 0.6 is 0 Å². The second-order valence-corrected chi connectivity index (χ2v) is 2.74. The Kier molecular flexibility index (Phi) is 3.37. The maximum Gasteiger partial charge on any atom is 0.337 e. The summed E-state index contributed by atoms with van der Waals surface area (Å²) in [5.41, 5.74) is 5.35. The number of nitrogens with one attached hydrogen (secondary N) is 1. The Labute approximate surface area is 83.9 Å². The molecule has 1 aromatic rings. The molecule has 0 aliphatic carbocycles. The molecule has 0 saturated heterocycles. The zero-order valence-corrected chi connectivity index (χ0v) is 7.58. The van der Waals surface area contributed by atoms with Gasteiger partial charge in [-0.05, 0) is 6.07 Å². The zero-order valence-electron chi connectivity index (χ0n) is 7.58. The fraction of sp³-hybridized carbons (Fsp3) is 0.250. The van der Waals surface area contributed by atoms with Crippen LogP contribution in [-0.4, -0.2) is 29.0 Å². The number of halogens is 2. The van der Waals surface area contributed by atoms with Gasteiger partial charge in [-0.15, -0.1) is 0 Å². The lowest BCUT2D eigenvalue weighted by atomic mass is 10.2. The van der Waals surface area contributed by atoms with Crippen LogP contribution in [0.1, 0.15) is 10.4 Å². The van der Waals surface area contributed by atoms with Crippen LogP contribution in [-0.2, 0) is 0 Å². The van der Waals surface area contributed by atoms with Crippen LogP contribution in [0, 0.1) is 0 Å². The van der Waals surface area contributed by atoms with Crippen molar-refractivity contribution in [3.8, 4) is 0 Å². The molecule has 0 unspecified atom stereocenters. The summed E-state index contributed by atoms with van der Waals surface area (Å²) in [6.07, 6.45) is -1.47. The van der Waals surface area contributed by atoms with E-state index in [4.69, 9.17) is 10.8 Å². The van der Waals surface area contributed by atoms with Gasteiger partial charge in [0.25, 0.3) is 6.43 Å². The van der Waals surface area contributed by atoms with Crippen LogP contribution in [0.3, 0.4) is 0 Å². The minimum atomic E-state index is -2.52. The number of carboxylic acid groups (broad SMARTS) is 1. The second-order valence-electron chi connectivity index (χ2n) is 2.74. The van der Waals surface area contributed by atoms with Crippen molar-refractivity contribution in [2.75, 3.05) is 17.6 Å². The molecule has 0 aliphatic heterocycles. The minimum absolute atomic E-state index is 0.0237. The number of pyridine rings is 1. The van der Waals surface area contributed by atoms with Gasteiger partial charge in [-0.25, -0.2) is 18.6 Å². The van der Waals surface area contributed by atoms with Crippen molar-refractivity contribution in [3.63, 3.8) is 0 Å². The summed E-state index contributed by atoms with van der Waals surface area (Å²) in [7, 11) is 0. The minimum Gasteiger partial charge on any atom is -0.478 e.